The molecule has 1 aliphatic rings. The summed E-state index contributed by atoms with van der Waals surface area (Å²) in [7, 11) is 0. The van der Waals surface area contributed by atoms with Crippen LogP contribution in [0.2, 0.25) is 0 Å². The van der Waals surface area contributed by atoms with Gasteiger partial charge in [0.15, 0.2) is 0 Å². The van der Waals surface area contributed by atoms with Crippen LogP contribution in [0.5, 0.6) is 0 Å². The first-order valence-electron chi connectivity index (χ1n) is 6.46. The molecule has 3 nitrogen and oxygen atoms in total. The third kappa shape index (κ3) is 3.84. The van der Waals surface area contributed by atoms with Gasteiger partial charge in [0.25, 0.3) is 0 Å². The molecule has 1 amide bonds. The van der Waals surface area contributed by atoms with Crippen LogP contribution in [0.1, 0.15) is 58.3 Å². The van der Waals surface area contributed by atoms with E-state index in [1.807, 2.05) is 4.90 Å². The van der Waals surface area contributed by atoms with Crippen molar-refractivity contribution in [2.45, 2.75) is 64.3 Å². The second-order valence-corrected chi connectivity index (χ2v) is 4.58. The van der Waals surface area contributed by atoms with E-state index < -0.39 is 0 Å². The summed E-state index contributed by atoms with van der Waals surface area (Å²) in [5.41, 5.74) is 0. The molecule has 0 aromatic heterocycles. The number of amides is 1. The minimum absolute atomic E-state index is 0.182. The van der Waals surface area contributed by atoms with E-state index >= 15 is 0 Å². The van der Waals surface area contributed by atoms with Gasteiger partial charge in [-0.2, -0.15) is 5.26 Å². The van der Waals surface area contributed by atoms with E-state index in [4.69, 9.17) is 5.26 Å². The Bertz CT molecular complexity index is 251. The number of hydrogen-bond donors (Lipinski definition) is 0. The molecule has 3 heteroatoms. The molecular formula is C13H22N2O. The van der Waals surface area contributed by atoms with Crippen molar-refractivity contribution in [1.82, 2.24) is 4.90 Å². The SMILES string of the molecule is CCCCCC(=O)N(CC#N)C1CCCC1. The fourth-order valence-corrected chi connectivity index (χ4v) is 2.38. The molecule has 0 heterocycles. The standard InChI is InChI=1S/C13H22N2O/c1-2-3-4-9-13(16)15(11-10-14)12-7-5-6-8-12/h12H,2-9,11H2,1H3. The lowest BCUT2D eigenvalue weighted by Crippen LogP contribution is -2.38. The van der Waals surface area contributed by atoms with E-state index in [0.717, 1.165) is 32.1 Å². The molecule has 0 aromatic carbocycles. The molecule has 0 bridgehead atoms. The maximum absolute atomic E-state index is 12.0. The first kappa shape index (κ1) is 13.0. The summed E-state index contributed by atoms with van der Waals surface area (Å²) in [5, 5.41) is 8.77. The normalized spacial score (nSPS) is 16.0. The number of nitrogens with zero attached hydrogens (tertiary/aromatic N) is 2. The maximum atomic E-state index is 12.0. The van der Waals surface area contributed by atoms with Gasteiger partial charge < -0.3 is 4.90 Å². The third-order valence-corrected chi connectivity index (χ3v) is 3.32. The maximum Gasteiger partial charge on any atom is 0.223 e. The highest BCUT2D eigenvalue weighted by molar-refractivity contribution is 5.76. The number of hydrogen-bond acceptors (Lipinski definition) is 2. The second kappa shape index (κ2) is 7.27. The van der Waals surface area contributed by atoms with Crippen molar-refractivity contribution in [3.05, 3.63) is 0 Å². The molecule has 90 valence electrons. The number of unbranched alkanes of at least 4 members (excludes halogenated alkanes) is 2. The van der Waals surface area contributed by atoms with Gasteiger partial charge in [0, 0.05) is 12.5 Å². The van der Waals surface area contributed by atoms with Crippen molar-refractivity contribution < 1.29 is 4.79 Å². The fraction of sp³-hybridized carbons (Fsp3) is 0.846. The van der Waals surface area contributed by atoms with Crippen molar-refractivity contribution in [2.24, 2.45) is 0 Å². The predicted molar refractivity (Wildman–Crippen MR) is 63.7 cm³/mol. The summed E-state index contributed by atoms with van der Waals surface area (Å²) in [6.07, 6.45) is 8.40. The summed E-state index contributed by atoms with van der Waals surface area (Å²) < 4.78 is 0. The van der Waals surface area contributed by atoms with E-state index in [2.05, 4.69) is 13.0 Å². The Balaban J connectivity index is 2.42. The van der Waals surface area contributed by atoms with Crippen molar-refractivity contribution in [3.63, 3.8) is 0 Å². The monoisotopic (exact) mass is 222 g/mol. The van der Waals surface area contributed by atoms with Crippen LogP contribution in [0.25, 0.3) is 0 Å². The Labute approximate surface area is 98.4 Å². The Morgan fingerprint density at radius 2 is 2.06 bits per heavy atom. The van der Waals surface area contributed by atoms with Crippen molar-refractivity contribution in [3.8, 4) is 6.07 Å². The van der Waals surface area contributed by atoms with Crippen LogP contribution in [0.15, 0.2) is 0 Å². The minimum atomic E-state index is 0.182. The average Bonchev–Trinajstić information content (AvgIpc) is 2.79. The highest BCUT2D eigenvalue weighted by Crippen LogP contribution is 2.24. The lowest BCUT2D eigenvalue weighted by Gasteiger charge is -2.26. The van der Waals surface area contributed by atoms with E-state index in [1.54, 1.807) is 0 Å². The van der Waals surface area contributed by atoms with Gasteiger partial charge in [0.1, 0.15) is 6.54 Å². The van der Waals surface area contributed by atoms with Gasteiger partial charge in [0.2, 0.25) is 5.91 Å². The molecule has 0 spiro atoms. The Morgan fingerprint density at radius 1 is 1.38 bits per heavy atom. The van der Waals surface area contributed by atoms with Gasteiger partial charge in [-0.1, -0.05) is 32.6 Å². The molecule has 1 saturated carbocycles. The van der Waals surface area contributed by atoms with Gasteiger partial charge in [-0.15, -0.1) is 0 Å². The summed E-state index contributed by atoms with van der Waals surface area (Å²) in [4.78, 5) is 13.8. The Hall–Kier alpha value is -1.04. The molecular weight excluding hydrogens is 200 g/mol. The van der Waals surface area contributed by atoms with Crippen LogP contribution in [0.3, 0.4) is 0 Å². The molecule has 1 aliphatic carbocycles. The number of nitriles is 1. The third-order valence-electron chi connectivity index (χ3n) is 3.32. The zero-order valence-corrected chi connectivity index (χ0v) is 10.2. The molecule has 0 N–H and O–H groups in total. The Morgan fingerprint density at radius 3 is 2.62 bits per heavy atom. The summed E-state index contributed by atoms with van der Waals surface area (Å²) in [6, 6.07) is 2.46. The van der Waals surface area contributed by atoms with Gasteiger partial charge >= 0.3 is 0 Å². The zero-order chi connectivity index (χ0) is 11.8. The lowest BCUT2D eigenvalue weighted by molar-refractivity contribution is -0.132. The molecule has 0 aliphatic heterocycles. The molecule has 0 aromatic rings. The molecule has 0 unspecified atom stereocenters. The minimum Gasteiger partial charge on any atom is -0.326 e. The first-order chi connectivity index (χ1) is 7.79. The number of carbonyl (C=O) groups is 1. The second-order valence-electron chi connectivity index (χ2n) is 4.58. The van der Waals surface area contributed by atoms with E-state index in [0.29, 0.717) is 12.5 Å². The molecule has 1 fully saturated rings. The van der Waals surface area contributed by atoms with Crippen LogP contribution in [-0.2, 0) is 4.79 Å². The van der Waals surface area contributed by atoms with E-state index in [1.165, 1.54) is 12.8 Å². The fourth-order valence-electron chi connectivity index (χ4n) is 2.38. The van der Waals surface area contributed by atoms with Gasteiger partial charge in [0.05, 0.1) is 6.07 Å². The highest BCUT2D eigenvalue weighted by atomic mass is 16.2. The quantitative estimate of drug-likeness (QED) is 0.512. The van der Waals surface area contributed by atoms with Crippen molar-refractivity contribution in [1.29, 1.82) is 5.26 Å². The van der Waals surface area contributed by atoms with Gasteiger partial charge in [-0.3, -0.25) is 4.79 Å². The predicted octanol–water partition coefficient (Wildman–Crippen LogP) is 2.86. The van der Waals surface area contributed by atoms with Crippen LogP contribution in [-0.4, -0.2) is 23.4 Å². The number of rotatable bonds is 6. The smallest absolute Gasteiger partial charge is 0.223 e. The van der Waals surface area contributed by atoms with Crippen LogP contribution >= 0.6 is 0 Å². The van der Waals surface area contributed by atoms with Gasteiger partial charge in [-0.05, 0) is 19.3 Å². The van der Waals surface area contributed by atoms with E-state index in [9.17, 15) is 4.79 Å². The van der Waals surface area contributed by atoms with Crippen LogP contribution in [0, 0.1) is 11.3 Å². The lowest BCUT2D eigenvalue weighted by atomic mass is 10.1. The van der Waals surface area contributed by atoms with E-state index in [-0.39, 0.29) is 12.5 Å². The topological polar surface area (TPSA) is 44.1 Å². The largest absolute Gasteiger partial charge is 0.326 e. The number of carbonyl (C=O) groups excluding carboxylic acids is 1. The summed E-state index contributed by atoms with van der Waals surface area (Å²) in [6.45, 7) is 2.41. The van der Waals surface area contributed by atoms with Gasteiger partial charge in [-0.25, -0.2) is 0 Å². The Kier molecular flexibility index (Phi) is 5.92. The molecule has 1 rings (SSSR count). The summed E-state index contributed by atoms with van der Waals surface area (Å²) >= 11 is 0. The van der Waals surface area contributed by atoms with Crippen LogP contribution < -0.4 is 0 Å². The van der Waals surface area contributed by atoms with Crippen molar-refractivity contribution in [2.75, 3.05) is 6.54 Å². The average molecular weight is 222 g/mol. The molecule has 0 saturated heterocycles. The summed E-state index contributed by atoms with van der Waals surface area (Å²) in [5.74, 6) is 0.182. The molecule has 0 atom stereocenters. The van der Waals surface area contributed by atoms with Crippen molar-refractivity contribution >= 4 is 5.91 Å². The first-order valence-corrected chi connectivity index (χ1v) is 6.46. The zero-order valence-electron chi connectivity index (χ0n) is 10.2. The molecule has 16 heavy (non-hydrogen) atoms. The molecule has 0 radical (unpaired) electrons. The highest BCUT2D eigenvalue weighted by Gasteiger charge is 2.25. The van der Waals surface area contributed by atoms with Crippen LogP contribution in [0.4, 0.5) is 0 Å².